The lowest BCUT2D eigenvalue weighted by atomic mass is 10.0. The number of hydrogen-bond donors (Lipinski definition) is 0. The van der Waals surface area contributed by atoms with Crippen LogP contribution in [0.3, 0.4) is 0 Å². The van der Waals surface area contributed by atoms with Gasteiger partial charge >= 0.3 is 0 Å². The van der Waals surface area contributed by atoms with Gasteiger partial charge in [0.2, 0.25) is 0 Å². The monoisotopic (exact) mass is 222 g/mol. The van der Waals surface area contributed by atoms with Gasteiger partial charge in [0.15, 0.2) is 11.6 Å². The summed E-state index contributed by atoms with van der Waals surface area (Å²) in [5.74, 6) is -0.178. The molecule has 0 fully saturated rings. The predicted octanol–water partition coefficient (Wildman–Crippen LogP) is 2.35. The van der Waals surface area contributed by atoms with Gasteiger partial charge in [0.05, 0.1) is 19.6 Å². The normalized spacial score (nSPS) is 12.2. The summed E-state index contributed by atoms with van der Waals surface area (Å²) in [5.41, 5.74) is 0.782. The van der Waals surface area contributed by atoms with Crippen molar-refractivity contribution in [1.29, 1.82) is 5.26 Å². The zero-order valence-corrected chi connectivity index (χ0v) is 9.70. The molecular formula is C12H15FN2O. The van der Waals surface area contributed by atoms with E-state index in [2.05, 4.69) is 6.07 Å². The number of benzene rings is 1. The first-order valence-electron chi connectivity index (χ1n) is 4.97. The van der Waals surface area contributed by atoms with Crippen LogP contribution in [-0.4, -0.2) is 26.1 Å². The molecule has 1 atom stereocenters. The van der Waals surface area contributed by atoms with E-state index in [1.807, 2.05) is 19.0 Å². The number of ether oxygens (including phenoxy) is 1. The van der Waals surface area contributed by atoms with E-state index in [1.54, 1.807) is 12.1 Å². The van der Waals surface area contributed by atoms with Gasteiger partial charge in [-0.2, -0.15) is 5.26 Å². The number of methoxy groups -OCH3 is 1. The molecule has 16 heavy (non-hydrogen) atoms. The van der Waals surface area contributed by atoms with Crippen LogP contribution < -0.4 is 4.74 Å². The zero-order chi connectivity index (χ0) is 12.1. The second kappa shape index (κ2) is 5.47. The highest BCUT2D eigenvalue weighted by Crippen LogP contribution is 2.26. The third kappa shape index (κ3) is 2.71. The molecule has 0 saturated heterocycles. The number of rotatable bonds is 4. The Morgan fingerprint density at radius 1 is 1.50 bits per heavy atom. The van der Waals surface area contributed by atoms with Crippen molar-refractivity contribution in [2.45, 2.75) is 12.5 Å². The van der Waals surface area contributed by atoms with Crippen molar-refractivity contribution in [3.8, 4) is 11.8 Å². The molecule has 1 aromatic carbocycles. The fourth-order valence-corrected chi connectivity index (χ4v) is 1.57. The van der Waals surface area contributed by atoms with Crippen molar-refractivity contribution in [2.75, 3.05) is 21.2 Å². The lowest BCUT2D eigenvalue weighted by Gasteiger charge is -2.22. The molecule has 1 rings (SSSR count). The molecule has 0 radical (unpaired) electrons. The van der Waals surface area contributed by atoms with E-state index in [0.717, 1.165) is 5.56 Å². The summed E-state index contributed by atoms with van der Waals surface area (Å²) in [6.45, 7) is 0. The van der Waals surface area contributed by atoms with Gasteiger partial charge in [0.25, 0.3) is 0 Å². The van der Waals surface area contributed by atoms with E-state index >= 15 is 0 Å². The summed E-state index contributed by atoms with van der Waals surface area (Å²) in [7, 11) is 5.16. The van der Waals surface area contributed by atoms with Gasteiger partial charge < -0.3 is 9.64 Å². The Hall–Kier alpha value is -1.60. The fraction of sp³-hybridized carbons (Fsp3) is 0.417. The van der Waals surface area contributed by atoms with E-state index in [-0.39, 0.29) is 11.8 Å². The number of nitrogens with zero attached hydrogens (tertiary/aromatic N) is 2. The van der Waals surface area contributed by atoms with Crippen molar-refractivity contribution in [3.05, 3.63) is 29.6 Å². The van der Waals surface area contributed by atoms with Gasteiger partial charge in [-0.25, -0.2) is 4.39 Å². The summed E-state index contributed by atoms with van der Waals surface area (Å²) >= 11 is 0. The van der Waals surface area contributed by atoms with Gasteiger partial charge in [-0.05, 0) is 31.8 Å². The molecule has 0 saturated carbocycles. The largest absolute Gasteiger partial charge is 0.494 e. The fourth-order valence-electron chi connectivity index (χ4n) is 1.57. The molecule has 0 N–H and O–H groups in total. The van der Waals surface area contributed by atoms with Gasteiger partial charge in [0.1, 0.15) is 0 Å². The molecule has 86 valence electrons. The third-order valence-corrected chi connectivity index (χ3v) is 2.47. The van der Waals surface area contributed by atoms with Crippen LogP contribution >= 0.6 is 0 Å². The van der Waals surface area contributed by atoms with Crippen LogP contribution in [0.5, 0.6) is 5.75 Å². The van der Waals surface area contributed by atoms with Crippen LogP contribution in [0.4, 0.5) is 4.39 Å². The Morgan fingerprint density at radius 3 is 2.62 bits per heavy atom. The van der Waals surface area contributed by atoms with Gasteiger partial charge in [0, 0.05) is 6.04 Å². The summed E-state index contributed by atoms with van der Waals surface area (Å²) in [6, 6.07) is 6.79. The quantitative estimate of drug-likeness (QED) is 0.784. The van der Waals surface area contributed by atoms with Crippen LogP contribution in [0.2, 0.25) is 0 Å². The lowest BCUT2D eigenvalue weighted by Crippen LogP contribution is -2.19. The van der Waals surface area contributed by atoms with Crippen molar-refractivity contribution < 1.29 is 9.13 Å². The molecule has 1 aromatic rings. The summed E-state index contributed by atoms with van der Waals surface area (Å²) in [4.78, 5) is 1.89. The second-order valence-corrected chi connectivity index (χ2v) is 3.74. The molecule has 0 aliphatic rings. The minimum Gasteiger partial charge on any atom is -0.494 e. The molecule has 0 spiro atoms. The van der Waals surface area contributed by atoms with E-state index in [9.17, 15) is 4.39 Å². The summed E-state index contributed by atoms with van der Waals surface area (Å²) < 4.78 is 18.3. The summed E-state index contributed by atoms with van der Waals surface area (Å²) in [6.07, 6.45) is 0.332. The molecule has 0 aliphatic heterocycles. The minimum atomic E-state index is -0.398. The average Bonchev–Trinajstić information content (AvgIpc) is 2.25. The highest BCUT2D eigenvalue weighted by atomic mass is 19.1. The van der Waals surface area contributed by atoms with Crippen molar-refractivity contribution in [3.63, 3.8) is 0 Å². The predicted molar refractivity (Wildman–Crippen MR) is 59.6 cm³/mol. The Bertz CT molecular complexity index is 398. The Morgan fingerprint density at radius 2 is 2.19 bits per heavy atom. The second-order valence-electron chi connectivity index (χ2n) is 3.74. The highest BCUT2D eigenvalue weighted by molar-refractivity contribution is 5.31. The van der Waals surface area contributed by atoms with E-state index in [1.165, 1.54) is 13.2 Å². The molecule has 3 nitrogen and oxygen atoms in total. The molecule has 0 amide bonds. The molecular weight excluding hydrogens is 207 g/mol. The third-order valence-electron chi connectivity index (χ3n) is 2.47. The van der Waals surface area contributed by atoms with Gasteiger partial charge in [-0.15, -0.1) is 0 Å². The van der Waals surface area contributed by atoms with Crippen molar-refractivity contribution in [1.82, 2.24) is 4.90 Å². The molecule has 0 aliphatic carbocycles. The standard InChI is InChI=1S/C12H15FN2O/c1-15(2)11(6-7-14)9-4-5-12(16-3)10(13)8-9/h4-5,8,11H,6H2,1-3H3. The maximum absolute atomic E-state index is 13.5. The molecule has 0 bridgehead atoms. The number of nitriles is 1. The first-order chi connectivity index (χ1) is 7.60. The lowest BCUT2D eigenvalue weighted by molar-refractivity contribution is 0.301. The average molecular weight is 222 g/mol. The van der Waals surface area contributed by atoms with Crippen LogP contribution in [0.1, 0.15) is 18.0 Å². The Kier molecular flexibility index (Phi) is 4.27. The van der Waals surface area contributed by atoms with Crippen LogP contribution in [0.25, 0.3) is 0 Å². The first kappa shape index (κ1) is 12.5. The number of halogens is 1. The van der Waals surface area contributed by atoms with Crippen LogP contribution in [0, 0.1) is 17.1 Å². The Labute approximate surface area is 95.1 Å². The topological polar surface area (TPSA) is 36.3 Å². The highest BCUT2D eigenvalue weighted by Gasteiger charge is 2.15. The minimum absolute atomic E-state index is 0.0922. The van der Waals surface area contributed by atoms with E-state index in [0.29, 0.717) is 6.42 Å². The van der Waals surface area contributed by atoms with E-state index in [4.69, 9.17) is 10.00 Å². The van der Waals surface area contributed by atoms with Crippen LogP contribution in [0.15, 0.2) is 18.2 Å². The zero-order valence-electron chi connectivity index (χ0n) is 9.70. The SMILES string of the molecule is COc1ccc(C(CC#N)N(C)C)cc1F. The first-order valence-corrected chi connectivity index (χ1v) is 4.97. The molecule has 0 heterocycles. The molecule has 4 heteroatoms. The van der Waals surface area contributed by atoms with Crippen molar-refractivity contribution >= 4 is 0 Å². The maximum atomic E-state index is 13.5. The molecule has 1 unspecified atom stereocenters. The van der Waals surface area contributed by atoms with E-state index < -0.39 is 5.82 Å². The van der Waals surface area contributed by atoms with Crippen molar-refractivity contribution in [2.24, 2.45) is 0 Å². The Balaban J connectivity index is 3.02. The van der Waals surface area contributed by atoms with Gasteiger partial charge in [-0.1, -0.05) is 6.07 Å². The van der Waals surface area contributed by atoms with Crippen LogP contribution in [-0.2, 0) is 0 Å². The summed E-state index contributed by atoms with van der Waals surface area (Å²) in [5, 5.41) is 8.72. The molecule has 0 aromatic heterocycles. The van der Waals surface area contributed by atoms with Gasteiger partial charge in [-0.3, -0.25) is 0 Å². The smallest absolute Gasteiger partial charge is 0.165 e. The number of hydrogen-bond acceptors (Lipinski definition) is 3. The maximum Gasteiger partial charge on any atom is 0.165 e.